The number of benzene rings is 1. The molecule has 0 spiro atoms. The van der Waals surface area contributed by atoms with E-state index < -0.39 is 4.92 Å². The predicted molar refractivity (Wildman–Crippen MR) is 66.3 cm³/mol. The number of alkyl halides is 1. The largest absolute Gasteiger partial charge is 0.279 e. The SMILES string of the molecule is Cc1ccc([N+](=O)[O-])c(-c2nnc(CCl)s2)c1. The number of aromatic nitrogens is 2. The minimum absolute atomic E-state index is 0.0351. The molecule has 0 fully saturated rings. The average molecular weight is 270 g/mol. The summed E-state index contributed by atoms with van der Waals surface area (Å²) in [5.41, 5.74) is 1.46. The van der Waals surface area contributed by atoms with Gasteiger partial charge in [-0.1, -0.05) is 17.4 Å². The van der Waals surface area contributed by atoms with Crippen molar-refractivity contribution in [3.8, 4) is 10.6 Å². The summed E-state index contributed by atoms with van der Waals surface area (Å²) in [6.45, 7) is 1.87. The Morgan fingerprint density at radius 3 is 2.82 bits per heavy atom. The van der Waals surface area contributed by atoms with Crippen LogP contribution in [0.2, 0.25) is 0 Å². The van der Waals surface area contributed by atoms with E-state index >= 15 is 0 Å². The lowest BCUT2D eigenvalue weighted by molar-refractivity contribution is -0.384. The number of rotatable bonds is 3. The first-order valence-electron chi connectivity index (χ1n) is 4.75. The Kier molecular flexibility index (Phi) is 3.35. The van der Waals surface area contributed by atoms with Gasteiger partial charge < -0.3 is 0 Å². The highest BCUT2D eigenvalue weighted by Gasteiger charge is 2.18. The summed E-state index contributed by atoms with van der Waals surface area (Å²) >= 11 is 6.90. The van der Waals surface area contributed by atoms with Gasteiger partial charge in [-0.15, -0.1) is 21.8 Å². The standard InChI is InChI=1S/C10H8ClN3O2S/c1-6-2-3-8(14(15)16)7(4-6)10-13-12-9(5-11)17-10/h2-4H,5H2,1H3. The zero-order valence-corrected chi connectivity index (χ0v) is 10.5. The number of hydrogen-bond acceptors (Lipinski definition) is 5. The van der Waals surface area contributed by atoms with Gasteiger partial charge in [0.05, 0.1) is 16.4 Å². The Labute approximate surface area is 106 Å². The van der Waals surface area contributed by atoms with Crippen LogP contribution in [0.1, 0.15) is 10.6 Å². The van der Waals surface area contributed by atoms with E-state index in [-0.39, 0.29) is 11.6 Å². The van der Waals surface area contributed by atoms with Crippen molar-refractivity contribution < 1.29 is 4.92 Å². The summed E-state index contributed by atoms with van der Waals surface area (Å²) < 4.78 is 0. The highest BCUT2D eigenvalue weighted by Crippen LogP contribution is 2.32. The van der Waals surface area contributed by atoms with E-state index in [1.54, 1.807) is 12.1 Å². The van der Waals surface area contributed by atoms with Crippen molar-refractivity contribution in [2.45, 2.75) is 12.8 Å². The molecule has 0 N–H and O–H groups in total. The van der Waals surface area contributed by atoms with Crippen LogP contribution >= 0.6 is 22.9 Å². The van der Waals surface area contributed by atoms with Crippen LogP contribution in [0.25, 0.3) is 10.6 Å². The van der Waals surface area contributed by atoms with Gasteiger partial charge in [-0.05, 0) is 18.6 Å². The van der Waals surface area contributed by atoms with Gasteiger partial charge in [-0.3, -0.25) is 10.1 Å². The fourth-order valence-electron chi connectivity index (χ4n) is 1.40. The van der Waals surface area contributed by atoms with E-state index in [0.717, 1.165) is 5.56 Å². The fourth-order valence-corrected chi connectivity index (χ4v) is 2.33. The van der Waals surface area contributed by atoms with Crippen LogP contribution in [0.5, 0.6) is 0 Å². The predicted octanol–water partition coefficient (Wildman–Crippen LogP) is 3.16. The first-order valence-corrected chi connectivity index (χ1v) is 6.10. The fraction of sp³-hybridized carbons (Fsp3) is 0.200. The van der Waals surface area contributed by atoms with Gasteiger partial charge in [0.1, 0.15) is 5.01 Å². The Morgan fingerprint density at radius 2 is 2.24 bits per heavy atom. The second kappa shape index (κ2) is 4.77. The lowest BCUT2D eigenvalue weighted by Crippen LogP contribution is -1.92. The molecule has 88 valence electrons. The van der Waals surface area contributed by atoms with Crippen LogP contribution in [0.3, 0.4) is 0 Å². The van der Waals surface area contributed by atoms with Gasteiger partial charge in [-0.2, -0.15) is 0 Å². The summed E-state index contributed by atoms with van der Waals surface area (Å²) in [7, 11) is 0. The third-order valence-electron chi connectivity index (χ3n) is 2.16. The van der Waals surface area contributed by atoms with Crippen molar-refractivity contribution in [2.75, 3.05) is 0 Å². The second-order valence-corrected chi connectivity index (χ2v) is 4.74. The highest BCUT2D eigenvalue weighted by molar-refractivity contribution is 7.14. The third-order valence-corrected chi connectivity index (χ3v) is 3.53. The van der Waals surface area contributed by atoms with Gasteiger partial charge in [0, 0.05) is 6.07 Å². The summed E-state index contributed by atoms with van der Waals surface area (Å²) in [4.78, 5) is 10.5. The molecule has 17 heavy (non-hydrogen) atoms. The van der Waals surface area contributed by atoms with Gasteiger partial charge in [0.2, 0.25) is 0 Å². The van der Waals surface area contributed by atoms with Crippen LogP contribution < -0.4 is 0 Å². The Balaban J connectivity index is 2.56. The van der Waals surface area contributed by atoms with Crippen LogP contribution in [-0.2, 0) is 5.88 Å². The molecule has 0 saturated heterocycles. The first kappa shape index (κ1) is 11.9. The maximum atomic E-state index is 10.9. The molecule has 0 aliphatic heterocycles. The smallest absolute Gasteiger partial charge is 0.258 e. The molecule has 7 heteroatoms. The van der Waals surface area contributed by atoms with E-state index in [1.807, 2.05) is 6.92 Å². The average Bonchev–Trinajstić information content (AvgIpc) is 2.76. The minimum atomic E-state index is -0.420. The molecule has 5 nitrogen and oxygen atoms in total. The third kappa shape index (κ3) is 2.42. The second-order valence-electron chi connectivity index (χ2n) is 3.41. The number of nitro groups is 1. The molecule has 0 unspecified atom stereocenters. The number of nitrogens with zero attached hydrogens (tertiary/aromatic N) is 3. The molecule has 0 atom stereocenters. The van der Waals surface area contributed by atoms with E-state index in [9.17, 15) is 10.1 Å². The lowest BCUT2D eigenvalue weighted by Gasteiger charge is -1.99. The Bertz CT molecular complexity index is 570. The highest BCUT2D eigenvalue weighted by atomic mass is 35.5. The van der Waals surface area contributed by atoms with Crippen LogP contribution in [-0.4, -0.2) is 15.1 Å². The van der Waals surface area contributed by atoms with Crippen LogP contribution in [0, 0.1) is 17.0 Å². The van der Waals surface area contributed by atoms with E-state index in [1.165, 1.54) is 17.4 Å². The maximum absolute atomic E-state index is 10.9. The molecule has 0 radical (unpaired) electrons. The number of nitro benzene ring substituents is 1. The Morgan fingerprint density at radius 1 is 1.47 bits per heavy atom. The number of hydrogen-bond donors (Lipinski definition) is 0. The van der Waals surface area contributed by atoms with E-state index in [2.05, 4.69) is 10.2 Å². The van der Waals surface area contributed by atoms with Crippen LogP contribution in [0.4, 0.5) is 5.69 Å². The quantitative estimate of drug-likeness (QED) is 0.487. The van der Waals surface area contributed by atoms with Crippen molar-refractivity contribution in [2.24, 2.45) is 0 Å². The normalized spacial score (nSPS) is 10.5. The van der Waals surface area contributed by atoms with Crippen molar-refractivity contribution in [3.05, 3.63) is 38.9 Å². The molecule has 1 aromatic carbocycles. The molecule has 0 aliphatic carbocycles. The molecule has 2 aromatic rings. The first-order chi connectivity index (χ1) is 8.11. The van der Waals surface area contributed by atoms with Crippen molar-refractivity contribution in [1.82, 2.24) is 10.2 Å². The summed E-state index contributed by atoms with van der Waals surface area (Å²) in [6.07, 6.45) is 0. The van der Waals surface area contributed by atoms with Gasteiger partial charge in [0.15, 0.2) is 5.01 Å². The number of halogens is 1. The molecule has 2 rings (SSSR count). The van der Waals surface area contributed by atoms with Crippen LogP contribution in [0.15, 0.2) is 18.2 Å². The molecule has 1 heterocycles. The van der Waals surface area contributed by atoms with Crippen molar-refractivity contribution in [3.63, 3.8) is 0 Å². The molecule has 0 bridgehead atoms. The lowest BCUT2D eigenvalue weighted by atomic mass is 10.1. The molecule has 0 aliphatic rings. The molecular formula is C10H8ClN3O2S. The molecule has 0 saturated carbocycles. The van der Waals surface area contributed by atoms with Gasteiger partial charge in [-0.25, -0.2) is 0 Å². The van der Waals surface area contributed by atoms with E-state index in [0.29, 0.717) is 15.6 Å². The minimum Gasteiger partial charge on any atom is -0.258 e. The Hall–Kier alpha value is -1.53. The zero-order valence-electron chi connectivity index (χ0n) is 8.88. The van der Waals surface area contributed by atoms with Gasteiger partial charge in [0.25, 0.3) is 5.69 Å². The summed E-state index contributed by atoms with van der Waals surface area (Å²) in [6, 6.07) is 4.91. The molecular weight excluding hydrogens is 262 g/mol. The summed E-state index contributed by atoms with van der Waals surface area (Å²) in [5, 5.41) is 19.9. The van der Waals surface area contributed by atoms with E-state index in [4.69, 9.17) is 11.6 Å². The van der Waals surface area contributed by atoms with Gasteiger partial charge >= 0.3 is 0 Å². The van der Waals surface area contributed by atoms with Crippen molar-refractivity contribution >= 4 is 28.6 Å². The topological polar surface area (TPSA) is 68.9 Å². The monoisotopic (exact) mass is 269 g/mol. The zero-order chi connectivity index (χ0) is 12.4. The maximum Gasteiger partial charge on any atom is 0.279 e. The number of aryl methyl sites for hydroxylation is 1. The molecule has 1 aromatic heterocycles. The van der Waals surface area contributed by atoms with Crippen molar-refractivity contribution in [1.29, 1.82) is 0 Å². The summed E-state index contributed by atoms with van der Waals surface area (Å²) in [5.74, 6) is 0.261. The molecule has 0 amide bonds.